The van der Waals surface area contributed by atoms with E-state index >= 15 is 4.39 Å². The number of nitrogens with two attached hydrogens (primary N) is 1. The Bertz CT molecular complexity index is 1250. The fourth-order valence-corrected chi connectivity index (χ4v) is 4.03. The van der Waals surface area contributed by atoms with Crippen LogP contribution in [-0.4, -0.2) is 22.1 Å². The number of benzene rings is 1. The molecular formula is C21H17ClFN5OS. The first-order valence-electron chi connectivity index (χ1n) is 8.90. The number of nitrogens with zero attached hydrogens (tertiary/aromatic N) is 3. The van der Waals surface area contributed by atoms with Crippen molar-refractivity contribution in [2.75, 3.05) is 17.6 Å². The predicted octanol–water partition coefficient (Wildman–Crippen LogP) is 5.50. The lowest BCUT2D eigenvalue weighted by Gasteiger charge is -2.13. The molecule has 0 saturated heterocycles. The molecule has 0 aliphatic carbocycles. The van der Waals surface area contributed by atoms with Crippen molar-refractivity contribution in [2.45, 2.75) is 11.8 Å². The highest BCUT2D eigenvalue weighted by molar-refractivity contribution is 8.00. The number of aryl methyl sites for hydroxylation is 1. The van der Waals surface area contributed by atoms with Crippen LogP contribution in [0, 0.1) is 12.7 Å². The van der Waals surface area contributed by atoms with Gasteiger partial charge in [-0.15, -0.1) is 0 Å². The average molecular weight is 442 g/mol. The first-order valence-corrected chi connectivity index (χ1v) is 10.1. The first-order chi connectivity index (χ1) is 14.5. The van der Waals surface area contributed by atoms with Crippen LogP contribution in [0.1, 0.15) is 5.69 Å². The molecule has 0 spiro atoms. The summed E-state index contributed by atoms with van der Waals surface area (Å²) >= 11 is 7.18. The van der Waals surface area contributed by atoms with E-state index in [4.69, 9.17) is 22.1 Å². The van der Waals surface area contributed by atoms with Gasteiger partial charge in [0.25, 0.3) is 0 Å². The number of ether oxygens (including phenoxy) is 1. The molecule has 0 unspecified atom stereocenters. The molecule has 0 atom stereocenters. The highest BCUT2D eigenvalue weighted by atomic mass is 35.5. The summed E-state index contributed by atoms with van der Waals surface area (Å²) in [5.74, 6) is 0.393. The quantitative estimate of drug-likeness (QED) is 0.395. The number of nitrogen functional groups attached to an aromatic ring is 1. The minimum Gasteiger partial charge on any atom is -0.480 e. The summed E-state index contributed by atoms with van der Waals surface area (Å²) in [6, 6.07) is 10.4. The predicted molar refractivity (Wildman–Crippen MR) is 119 cm³/mol. The molecule has 3 aromatic heterocycles. The summed E-state index contributed by atoms with van der Waals surface area (Å²) in [6.45, 7) is 1.84. The Hall–Kier alpha value is -3.10. The van der Waals surface area contributed by atoms with Gasteiger partial charge in [0, 0.05) is 40.7 Å². The van der Waals surface area contributed by atoms with Crippen LogP contribution in [0.5, 0.6) is 5.88 Å². The van der Waals surface area contributed by atoms with E-state index < -0.39 is 5.82 Å². The van der Waals surface area contributed by atoms with E-state index in [9.17, 15) is 0 Å². The zero-order chi connectivity index (χ0) is 21.3. The Labute approximate surface area is 181 Å². The molecule has 0 aliphatic rings. The monoisotopic (exact) mass is 441 g/mol. The van der Waals surface area contributed by atoms with Crippen LogP contribution in [0.15, 0.2) is 53.7 Å². The van der Waals surface area contributed by atoms with Crippen molar-refractivity contribution in [1.82, 2.24) is 15.0 Å². The van der Waals surface area contributed by atoms with Crippen molar-refractivity contribution in [3.8, 4) is 17.0 Å². The van der Waals surface area contributed by atoms with Crippen molar-refractivity contribution in [1.29, 1.82) is 0 Å². The maximum absolute atomic E-state index is 15.4. The van der Waals surface area contributed by atoms with Crippen LogP contribution in [0.4, 0.5) is 15.9 Å². The highest BCUT2D eigenvalue weighted by Crippen LogP contribution is 2.35. The maximum Gasteiger partial charge on any atom is 0.228 e. The lowest BCUT2D eigenvalue weighted by molar-refractivity contribution is 0.387. The Kier molecular flexibility index (Phi) is 5.61. The van der Waals surface area contributed by atoms with Gasteiger partial charge in [0.05, 0.1) is 28.2 Å². The number of pyridine rings is 3. The lowest BCUT2D eigenvalue weighted by Crippen LogP contribution is -1.98. The zero-order valence-corrected chi connectivity index (χ0v) is 17.7. The van der Waals surface area contributed by atoms with Crippen molar-refractivity contribution >= 4 is 46.0 Å². The molecule has 3 N–H and O–H groups in total. The van der Waals surface area contributed by atoms with Crippen LogP contribution in [0.25, 0.3) is 22.0 Å². The number of halogens is 2. The number of hydrogen-bond acceptors (Lipinski definition) is 7. The van der Waals surface area contributed by atoms with Gasteiger partial charge in [-0.05, 0) is 37.1 Å². The minimum atomic E-state index is -0.397. The molecule has 9 heteroatoms. The van der Waals surface area contributed by atoms with E-state index in [2.05, 4.69) is 19.7 Å². The molecular weight excluding hydrogens is 425 g/mol. The summed E-state index contributed by atoms with van der Waals surface area (Å²) in [6.07, 6.45) is 3.12. The molecule has 0 bridgehead atoms. The summed E-state index contributed by atoms with van der Waals surface area (Å²) in [5.41, 5.74) is 8.57. The van der Waals surface area contributed by atoms with Gasteiger partial charge in [0.1, 0.15) is 5.82 Å². The second-order valence-electron chi connectivity index (χ2n) is 6.46. The number of methoxy groups -OCH3 is 1. The molecule has 6 nitrogen and oxygen atoms in total. The third kappa shape index (κ3) is 3.96. The fraction of sp³-hybridized carbons (Fsp3) is 0.0952. The molecule has 4 rings (SSSR count). The van der Waals surface area contributed by atoms with Crippen LogP contribution in [0.3, 0.4) is 0 Å². The van der Waals surface area contributed by atoms with E-state index in [-0.39, 0.29) is 0 Å². The van der Waals surface area contributed by atoms with Crippen molar-refractivity contribution in [3.05, 3.63) is 65.3 Å². The molecule has 0 aliphatic heterocycles. The third-order valence-corrected chi connectivity index (χ3v) is 5.49. The van der Waals surface area contributed by atoms with Crippen LogP contribution >= 0.6 is 23.5 Å². The van der Waals surface area contributed by atoms with Gasteiger partial charge in [-0.2, -0.15) is 0 Å². The fourth-order valence-electron chi connectivity index (χ4n) is 3.02. The number of anilines is 2. The van der Waals surface area contributed by atoms with Gasteiger partial charge in [-0.1, -0.05) is 23.7 Å². The van der Waals surface area contributed by atoms with Crippen LogP contribution in [0.2, 0.25) is 5.02 Å². The number of rotatable bonds is 5. The Morgan fingerprint density at radius 3 is 2.77 bits per heavy atom. The van der Waals surface area contributed by atoms with E-state index in [0.29, 0.717) is 44.1 Å². The highest BCUT2D eigenvalue weighted by Gasteiger charge is 2.15. The maximum atomic E-state index is 15.4. The molecule has 0 fully saturated rings. The standard InChI is InChI=1S/C21H17ClFN5OS/c1-11-15(6-12-9-25-19(24)8-17(12)27-11)14-4-3-5-16(20(14)23)28-30-18-7-13(22)10-26-21(18)29-2/h3-10,28H,1-2H3,(H2,24,25). The Balaban J connectivity index is 1.69. The number of nitrogens with one attached hydrogen (secondary N) is 1. The molecule has 0 amide bonds. The lowest BCUT2D eigenvalue weighted by atomic mass is 10.0. The SMILES string of the molecule is COc1ncc(Cl)cc1SNc1cccc(-c2cc3cnc(N)cc3nc2C)c1F. The van der Waals surface area contributed by atoms with E-state index in [1.165, 1.54) is 13.3 Å². The summed E-state index contributed by atoms with van der Waals surface area (Å²) < 4.78 is 23.6. The second-order valence-corrected chi connectivity index (χ2v) is 7.74. The topological polar surface area (TPSA) is 86.0 Å². The Morgan fingerprint density at radius 1 is 1.13 bits per heavy atom. The third-order valence-electron chi connectivity index (χ3n) is 4.45. The van der Waals surface area contributed by atoms with Crippen molar-refractivity contribution < 1.29 is 9.13 Å². The first kappa shape index (κ1) is 20.2. The molecule has 30 heavy (non-hydrogen) atoms. The number of hydrogen-bond donors (Lipinski definition) is 2. The van der Waals surface area contributed by atoms with Crippen LogP contribution in [-0.2, 0) is 0 Å². The molecule has 0 saturated carbocycles. The van der Waals surface area contributed by atoms with E-state index in [1.807, 2.05) is 13.0 Å². The van der Waals surface area contributed by atoms with E-state index in [0.717, 1.165) is 22.9 Å². The smallest absolute Gasteiger partial charge is 0.228 e. The summed E-state index contributed by atoms with van der Waals surface area (Å²) in [4.78, 5) is 13.4. The van der Waals surface area contributed by atoms with Gasteiger partial charge in [-0.25, -0.2) is 14.4 Å². The molecule has 1 aromatic carbocycles. The second kappa shape index (κ2) is 8.33. The molecule has 4 aromatic rings. The van der Waals surface area contributed by atoms with Crippen LogP contribution < -0.4 is 15.2 Å². The van der Waals surface area contributed by atoms with Crippen molar-refractivity contribution in [2.24, 2.45) is 0 Å². The van der Waals surface area contributed by atoms with Gasteiger partial charge in [0.15, 0.2) is 5.82 Å². The summed E-state index contributed by atoms with van der Waals surface area (Å²) in [7, 11) is 1.51. The normalized spacial score (nSPS) is 10.9. The number of fused-ring (bicyclic) bond motifs is 1. The zero-order valence-electron chi connectivity index (χ0n) is 16.1. The molecule has 3 heterocycles. The van der Waals surface area contributed by atoms with Gasteiger partial charge in [-0.3, -0.25) is 4.98 Å². The van der Waals surface area contributed by atoms with Gasteiger partial charge < -0.3 is 15.2 Å². The molecule has 152 valence electrons. The Morgan fingerprint density at radius 2 is 1.97 bits per heavy atom. The minimum absolute atomic E-state index is 0.314. The average Bonchev–Trinajstić information content (AvgIpc) is 2.73. The summed E-state index contributed by atoms with van der Waals surface area (Å²) in [5, 5.41) is 1.24. The van der Waals surface area contributed by atoms with Gasteiger partial charge in [0.2, 0.25) is 5.88 Å². The van der Waals surface area contributed by atoms with E-state index in [1.54, 1.807) is 36.5 Å². The largest absolute Gasteiger partial charge is 0.480 e. The molecule has 0 radical (unpaired) electrons. The van der Waals surface area contributed by atoms with Gasteiger partial charge >= 0.3 is 0 Å². The number of aromatic nitrogens is 3. The van der Waals surface area contributed by atoms with Crippen molar-refractivity contribution in [3.63, 3.8) is 0 Å².